The molecule has 2 aromatic carbocycles. The number of rotatable bonds is 5. The molecule has 140 valence electrons. The average molecular weight is 372 g/mol. The Morgan fingerprint density at radius 2 is 1.79 bits per heavy atom. The molecular formula is C22H20N4O2. The van der Waals surface area contributed by atoms with E-state index in [2.05, 4.69) is 11.2 Å². The van der Waals surface area contributed by atoms with Crippen LogP contribution in [0.1, 0.15) is 41.5 Å². The number of hydrogen-bond donors (Lipinski definition) is 0. The van der Waals surface area contributed by atoms with Gasteiger partial charge in [-0.05, 0) is 49.7 Å². The van der Waals surface area contributed by atoms with Gasteiger partial charge in [-0.3, -0.25) is 9.59 Å². The first kappa shape index (κ1) is 19.1. The summed E-state index contributed by atoms with van der Waals surface area (Å²) in [6.45, 7) is 4.30. The minimum absolute atomic E-state index is 0.200. The van der Waals surface area contributed by atoms with E-state index in [0.717, 1.165) is 5.56 Å². The lowest BCUT2D eigenvalue weighted by Crippen LogP contribution is -2.35. The molecule has 0 aliphatic rings. The second-order valence-electron chi connectivity index (χ2n) is 6.31. The summed E-state index contributed by atoms with van der Waals surface area (Å²) in [6.07, 6.45) is 0. The first-order valence-electron chi connectivity index (χ1n) is 9.02. The second-order valence-corrected chi connectivity index (χ2v) is 6.31. The average Bonchev–Trinajstić information content (AvgIpc) is 2.75. The summed E-state index contributed by atoms with van der Waals surface area (Å²) in [5, 5.41) is 13.2. The second kappa shape index (κ2) is 8.31. The van der Waals surface area contributed by atoms with E-state index in [1.54, 1.807) is 29.2 Å². The van der Waals surface area contributed by atoms with Gasteiger partial charge < -0.3 is 4.90 Å². The number of para-hydroxylation sites is 1. The van der Waals surface area contributed by atoms with Crippen LogP contribution < -0.4 is 5.56 Å². The molecule has 0 aliphatic heterocycles. The van der Waals surface area contributed by atoms with Crippen LogP contribution in [0.4, 0.5) is 0 Å². The summed E-state index contributed by atoms with van der Waals surface area (Å²) in [5.41, 5.74) is 1.99. The molecule has 1 aromatic heterocycles. The zero-order valence-corrected chi connectivity index (χ0v) is 15.7. The van der Waals surface area contributed by atoms with Crippen molar-refractivity contribution in [2.24, 2.45) is 0 Å². The van der Waals surface area contributed by atoms with Crippen LogP contribution in [0.3, 0.4) is 0 Å². The van der Waals surface area contributed by atoms with E-state index in [9.17, 15) is 9.59 Å². The third kappa shape index (κ3) is 3.84. The summed E-state index contributed by atoms with van der Waals surface area (Å²) in [4.78, 5) is 27.0. The summed E-state index contributed by atoms with van der Waals surface area (Å²) >= 11 is 0. The highest BCUT2D eigenvalue weighted by Crippen LogP contribution is 2.22. The van der Waals surface area contributed by atoms with Crippen molar-refractivity contribution in [1.82, 2.24) is 14.7 Å². The van der Waals surface area contributed by atoms with Crippen LogP contribution in [-0.4, -0.2) is 27.1 Å². The Bertz CT molecular complexity index is 1070. The van der Waals surface area contributed by atoms with Crippen LogP contribution in [0.5, 0.6) is 0 Å². The Kier molecular flexibility index (Phi) is 5.66. The third-order valence-electron chi connectivity index (χ3n) is 4.61. The maximum absolute atomic E-state index is 13.1. The highest BCUT2D eigenvalue weighted by atomic mass is 16.2. The Morgan fingerprint density at radius 1 is 1.11 bits per heavy atom. The highest BCUT2D eigenvalue weighted by molar-refractivity contribution is 5.92. The lowest BCUT2D eigenvalue weighted by atomic mass is 10.0. The van der Waals surface area contributed by atoms with E-state index in [1.165, 1.54) is 16.8 Å². The molecular weight excluding hydrogens is 352 g/mol. The van der Waals surface area contributed by atoms with E-state index in [1.807, 2.05) is 44.2 Å². The molecule has 3 rings (SSSR count). The summed E-state index contributed by atoms with van der Waals surface area (Å²) < 4.78 is 1.23. The van der Waals surface area contributed by atoms with Gasteiger partial charge in [0, 0.05) is 12.6 Å². The number of nitriles is 1. The van der Waals surface area contributed by atoms with Gasteiger partial charge in [-0.1, -0.05) is 30.3 Å². The largest absolute Gasteiger partial charge is 0.331 e. The fourth-order valence-corrected chi connectivity index (χ4v) is 3.04. The molecule has 1 amide bonds. The van der Waals surface area contributed by atoms with Crippen LogP contribution in [0.25, 0.3) is 5.69 Å². The molecule has 0 saturated heterocycles. The van der Waals surface area contributed by atoms with Gasteiger partial charge in [0.05, 0.1) is 23.4 Å². The summed E-state index contributed by atoms with van der Waals surface area (Å²) in [7, 11) is 0. The van der Waals surface area contributed by atoms with E-state index in [-0.39, 0.29) is 23.2 Å². The molecule has 6 heteroatoms. The Hall–Kier alpha value is -3.72. The van der Waals surface area contributed by atoms with Crippen LogP contribution >= 0.6 is 0 Å². The Labute approximate surface area is 163 Å². The topological polar surface area (TPSA) is 79.0 Å². The molecule has 0 aliphatic carbocycles. The van der Waals surface area contributed by atoms with E-state index in [4.69, 9.17) is 5.26 Å². The zero-order valence-electron chi connectivity index (χ0n) is 15.7. The van der Waals surface area contributed by atoms with E-state index in [0.29, 0.717) is 17.8 Å². The molecule has 3 aromatic rings. The molecule has 0 N–H and O–H groups in total. The molecule has 0 radical (unpaired) electrons. The predicted octanol–water partition coefficient (Wildman–Crippen LogP) is 3.33. The predicted molar refractivity (Wildman–Crippen MR) is 106 cm³/mol. The number of aromatic nitrogens is 2. The van der Waals surface area contributed by atoms with Crippen molar-refractivity contribution in [2.75, 3.05) is 6.54 Å². The number of nitrogens with zero attached hydrogens (tertiary/aromatic N) is 4. The quantitative estimate of drug-likeness (QED) is 0.688. The maximum atomic E-state index is 13.1. The van der Waals surface area contributed by atoms with Crippen molar-refractivity contribution < 1.29 is 4.79 Å². The molecule has 1 unspecified atom stereocenters. The fourth-order valence-electron chi connectivity index (χ4n) is 3.04. The van der Waals surface area contributed by atoms with Gasteiger partial charge in [0.15, 0.2) is 0 Å². The smallest absolute Gasteiger partial charge is 0.274 e. The molecule has 6 nitrogen and oxygen atoms in total. The standard InChI is InChI=1S/C22H20N4O2/c1-3-25(16(2)18-11-9-17(15-23)10-12-18)22(28)20-13-14-21(27)26(24-20)19-7-5-4-6-8-19/h4-14,16H,3H2,1-2H3. The lowest BCUT2D eigenvalue weighted by molar-refractivity contribution is 0.0694. The monoisotopic (exact) mass is 372 g/mol. The van der Waals surface area contributed by atoms with Crippen LogP contribution in [-0.2, 0) is 0 Å². The van der Waals surface area contributed by atoms with Crippen molar-refractivity contribution in [3.63, 3.8) is 0 Å². The summed E-state index contributed by atoms with van der Waals surface area (Å²) in [5.74, 6) is -0.260. The number of carbonyl (C=O) groups excluding carboxylic acids is 1. The first-order valence-corrected chi connectivity index (χ1v) is 9.02. The van der Waals surface area contributed by atoms with Crippen molar-refractivity contribution >= 4 is 5.91 Å². The third-order valence-corrected chi connectivity index (χ3v) is 4.61. The minimum Gasteiger partial charge on any atom is -0.331 e. The minimum atomic E-state index is -0.300. The maximum Gasteiger partial charge on any atom is 0.274 e. The molecule has 28 heavy (non-hydrogen) atoms. The molecule has 0 fully saturated rings. The van der Waals surface area contributed by atoms with Crippen LogP contribution in [0.15, 0.2) is 71.5 Å². The number of benzene rings is 2. The van der Waals surface area contributed by atoms with Crippen LogP contribution in [0.2, 0.25) is 0 Å². The zero-order chi connectivity index (χ0) is 20.1. The molecule has 1 atom stereocenters. The van der Waals surface area contributed by atoms with Crippen molar-refractivity contribution in [3.05, 3.63) is 93.9 Å². The molecule has 0 bridgehead atoms. The van der Waals surface area contributed by atoms with Gasteiger partial charge in [0.1, 0.15) is 5.69 Å². The lowest BCUT2D eigenvalue weighted by Gasteiger charge is -2.28. The Morgan fingerprint density at radius 3 is 2.39 bits per heavy atom. The fraction of sp³-hybridized carbons (Fsp3) is 0.182. The normalized spacial score (nSPS) is 11.5. The SMILES string of the molecule is CCN(C(=O)c1ccc(=O)n(-c2ccccc2)n1)C(C)c1ccc(C#N)cc1. The first-order chi connectivity index (χ1) is 13.5. The highest BCUT2D eigenvalue weighted by Gasteiger charge is 2.23. The van der Waals surface area contributed by atoms with Crippen molar-refractivity contribution in [1.29, 1.82) is 5.26 Å². The molecule has 0 saturated carbocycles. The van der Waals surface area contributed by atoms with Gasteiger partial charge >= 0.3 is 0 Å². The van der Waals surface area contributed by atoms with E-state index < -0.39 is 0 Å². The van der Waals surface area contributed by atoms with Gasteiger partial charge in [0.25, 0.3) is 11.5 Å². The number of hydrogen-bond acceptors (Lipinski definition) is 4. The van der Waals surface area contributed by atoms with Crippen molar-refractivity contribution in [2.45, 2.75) is 19.9 Å². The number of amides is 1. The van der Waals surface area contributed by atoms with Crippen LogP contribution in [0, 0.1) is 11.3 Å². The molecule has 1 heterocycles. The Balaban J connectivity index is 1.93. The van der Waals surface area contributed by atoms with Gasteiger partial charge in [-0.2, -0.15) is 15.0 Å². The van der Waals surface area contributed by atoms with Gasteiger partial charge in [-0.25, -0.2) is 0 Å². The van der Waals surface area contributed by atoms with Crippen molar-refractivity contribution in [3.8, 4) is 11.8 Å². The summed E-state index contributed by atoms with van der Waals surface area (Å²) in [6, 6.07) is 20.8. The number of carbonyl (C=O) groups is 1. The molecule has 0 spiro atoms. The van der Waals surface area contributed by atoms with Gasteiger partial charge in [0.2, 0.25) is 0 Å². The van der Waals surface area contributed by atoms with Gasteiger partial charge in [-0.15, -0.1) is 0 Å². The van der Waals surface area contributed by atoms with E-state index >= 15 is 0 Å².